The van der Waals surface area contributed by atoms with Gasteiger partial charge in [-0.05, 0) is 61.7 Å². The van der Waals surface area contributed by atoms with E-state index in [1.807, 2.05) is 11.0 Å². The van der Waals surface area contributed by atoms with Crippen LogP contribution in [0.2, 0.25) is 5.02 Å². The monoisotopic (exact) mass is 399 g/mol. The summed E-state index contributed by atoms with van der Waals surface area (Å²) in [6.45, 7) is 4.83. The fourth-order valence-corrected chi connectivity index (χ4v) is 4.17. The molecule has 5 nitrogen and oxygen atoms in total. The summed E-state index contributed by atoms with van der Waals surface area (Å²) in [5.74, 6) is 0.334. The highest BCUT2D eigenvalue weighted by Gasteiger charge is 2.24. The predicted molar refractivity (Wildman–Crippen MR) is 114 cm³/mol. The zero-order chi connectivity index (χ0) is 19.5. The molecule has 6 heteroatoms. The van der Waals surface area contributed by atoms with Crippen LogP contribution in [0.4, 0.5) is 11.4 Å². The number of phenols is 1. The highest BCUT2D eigenvalue weighted by molar-refractivity contribution is 6.30. The number of piperazine rings is 1. The number of benzene rings is 2. The number of anilines is 2. The van der Waals surface area contributed by atoms with Crippen molar-refractivity contribution < 1.29 is 9.90 Å². The van der Waals surface area contributed by atoms with E-state index >= 15 is 0 Å². The van der Waals surface area contributed by atoms with Crippen LogP contribution in [0, 0.1) is 0 Å². The van der Waals surface area contributed by atoms with Crippen molar-refractivity contribution in [3.05, 3.63) is 53.1 Å². The van der Waals surface area contributed by atoms with E-state index in [1.165, 1.54) is 24.9 Å². The smallest absolute Gasteiger partial charge is 0.253 e. The Hall–Kier alpha value is -2.40. The number of hydrogen-bond donors (Lipinski definition) is 1. The molecule has 28 heavy (non-hydrogen) atoms. The van der Waals surface area contributed by atoms with Gasteiger partial charge >= 0.3 is 0 Å². The number of carbonyl (C=O) groups excluding carboxylic acids is 1. The van der Waals surface area contributed by atoms with Crippen LogP contribution < -0.4 is 9.80 Å². The summed E-state index contributed by atoms with van der Waals surface area (Å²) in [5, 5.41) is 11.0. The SMILES string of the molecule is O=C(c1ccc(Cl)cc1)N1CCN(c2cc(N3CCCCC3)ccc2O)CC1. The van der Waals surface area contributed by atoms with Gasteiger partial charge in [0, 0.05) is 55.5 Å². The fourth-order valence-electron chi connectivity index (χ4n) is 4.04. The van der Waals surface area contributed by atoms with Crippen LogP contribution in [0.5, 0.6) is 5.75 Å². The molecule has 0 aromatic heterocycles. The highest BCUT2D eigenvalue weighted by atomic mass is 35.5. The lowest BCUT2D eigenvalue weighted by atomic mass is 10.1. The summed E-state index contributed by atoms with van der Waals surface area (Å²) in [5.41, 5.74) is 2.70. The van der Waals surface area contributed by atoms with Crippen molar-refractivity contribution in [2.45, 2.75) is 19.3 Å². The van der Waals surface area contributed by atoms with E-state index in [2.05, 4.69) is 15.9 Å². The van der Waals surface area contributed by atoms with E-state index < -0.39 is 0 Å². The molecule has 0 atom stereocenters. The molecule has 2 heterocycles. The lowest BCUT2D eigenvalue weighted by molar-refractivity contribution is 0.0746. The minimum atomic E-state index is 0.0302. The molecule has 0 bridgehead atoms. The fraction of sp³-hybridized carbons (Fsp3) is 0.409. The second kappa shape index (κ2) is 8.31. The van der Waals surface area contributed by atoms with Gasteiger partial charge in [0.2, 0.25) is 0 Å². The second-order valence-corrected chi connectivity index (χ2v) is 7.94. The molecule has 0 spiro atoms. The topological polar surface area (TPSA) is 47.0 Å². The second-order valence-electron chi connectivity index (χ2n) is 7.51. The summed E-state index contributed by atoms with van der Waals surface area (Å²) in [6.07, 6.45) is 3.74. The Morgan fingerprint density at radius 1 is 0.821 bits per heavy atom. The quantitative estimate of drug-likeness (QED) is 0.847. The van der Waals surface area contributed by atoms with Crippen LogP contribution in [0.3, 0.4) is 0 Å². The van der Waals surface area contributed by atoms with Gasteiger partial charge in [0.1, 0.15) is 5.75 Å². The lowest BCUT2D eigenvalue weighted by Gasteiger charge is -2.37. The van der Waals surface area contributed by atoms with Crippen molar-refractivity contribution in [2.75, 3.05) is 49.1 Å². The van der Waals surface area contributed by atoms with Crippen molar-refractivity contribution in [1.82, 2.24) is 4.90 Å². The Balaban J connectivity index is 1.43. The van der Waals surface area contributed by atoms with Crippen molar-refractivity contribution in [1.29, 1.82) is 0 Å². The Bertz CT molecular complexity index is 826. The summed E-state index contributed by atoms with van der Waals surface area (Å²) in [6, 6.07) is 12.9. The number of phenolic OH excluding ortho intramolecular Hbond substituents is 1. The van der Waals surface area contributed by atoms with Crippen molar-refractivity contribution in [3.8, 4) is 5.75 Å². The van der Waals surface area contributed by atoms with E-state index in [1.54, 1.807) is 30.3 Å². The molecule has 2 aromatic rings. The van der Waals surface area contributed by atoms with Crippen molar-refractivity contribution in [3.63, 3.8) is 0 Å². The average molecular weight is 400 g/mol. The van der Waals surface area contributed by atoms with Crippen LogP contribution in [0.15, 0.2) is 42.5 Å². The Kier molecular flexibility index (Phi) is 5.62. The maximum absolute atomic E-state index is 12.7. The number of carbonyl (C=O) groups is 1. The highest BCUT2D eigenvalue weighted by Crippen LogP contribution is 2.33. The first-order valence-corrected chi connectivity index (χ1v) is 10.4. The zero-order valence-corrected chi connectivity index (χ0v) is 16.7. The summed E-state index contributed by atoms with van der Waals surface area (Å²) < 4.78 is 0. The van der Waals surface area contributed by atoms with Gasteiger partial charge < -0.3 is 19.8 Å². The molecule has 2 aliphatic heterocycles. The van der Waals surface area contributed by atoms with Gasteiger partial charge in [-0.15, -0.1) is 0 Å². The third-order valence-corrected chi connectivity index (χ3v) is 5.93. The lowest BCUT2D eigenvalue weighted by Crippen LogP contribution is -2.48. The molecule has 1 amide bonds. The van der Waals surface area contributed by atoms with Gasteiger partial charge in [-0.25, -0.2) is 0 Å². The molecule has 2 aromatic carbocycles. The van der Waals surface area contributed by atoms with Gasteiger partial charge in [-0.2, -0.15) is 0 Å². The van der Waals surface area contributed by atoms with Gasteiger partial charge in [0.05, 0.1) is 5.69 Å². The predicted octanol–water partition coefficient (Wildman–Crippen LogP) is 4.00. The van der Waals surface area contributed by atoms with Gasteiger partial charge in [0.25, 0.3) is 5.91 Å². The molecule has 148 valence electrons. The molecule has 4 rings (SSSR count). The number of amides is 1. The number of piperidine rings is 1. The molecule has 1 N–H and O–H groups in total. The van der Waals surface area contributed by atoms with Crippen LogP contribution >= 0.6 is 11.6 Å². The number of halogens is 1. The molecule has 2 saturated heterocycles. The zero-order valence-electron chi connectivity index (χ0n) is 16.0. The minimum absolute atomic E-state index is 0.0302. The molecule has 0 radical (unpaired) electrons. The standard InChI is InChI=1S/C22H26ClN3O2/c23-18-6-4-17(5-7-18)22(28)26-14-12-25(13-15-26)20-16-19(8-9-21(20)27)24-10-2-1-3-11-24/h4-9,16,27H,1-3,10-15H2. The first-order chi connectivity index (χ1) is 13.6. The van der Waals surface area contributed by atoms with E-state index in [0.29, 0.717) is 42.5 Å². The third kappa shape index (κ3) is 4.04. The molecule has 0 unspecified atom stereocenters. The van der Waals surface area contributed by atoms with Crippen molar-refractivity contribution in [2.24, 2.45) is 0 Å². The van der Waals surface area contributed by atoms with E-state index in [0.717, 1.165) is 18.8 Å². The van der Waals surface area contributed by atoms with E-state index in [4.69, 9.17) is 11.6 Å². The molecular weight excluding hydrogens is 374 g/mol. The van der Waals surface area contributed by atoms with Gasteiger partial charge in [0.15, 0.2) is 0 Å². The maximum Gasteiger partial charge on any atom is 0.253 e. The summed E-state index contributed by atoms with van der Waals surface area (Å²) in [4.78, 5) is 19.1. The number of nitrogens with zero attached hydrogens (tertiary/aromatic N) is 3. The number of aromatic hydroxyl groups is 1. The third-order valence-electron chi connectivity index (χ3n) is 5.68. The Labute approximate surface area is 171 Å². The maximum atomic E-state index is 12.7. The largest absolute Gasteiger partial charge is 0.506 e. The molecule has 2 aliphatic rings. The first-order valence-electron chi connectivity index (χ1n) is 9.99. The Morgan fingerprint density at radius 3 is 2.18 bits per heavy atom. The molecule has 2 fully saturated rings. The van der Waals surface area contributed by atoms with E-state index in [9.17, 15) is 9.90 Å². The Morgan fingerprint density at radius 2 is 1.50 bits per heavy atom. The number of rotatable bonds is 3. The minimum Gasteiger partial charge on any atom is -0.506 e. The molecule has 0 aliphatic carbocycles. The normalized spacial score (nSPS) is 17.7. The van der Waals surface area contributed by atoms with Crippen LogP contribution in [0.1, 0.15) is 29.6 Å². The molecular formula is C22H26ClN3O2. The average Bonchev–Trinajstić information content (AvgIpc) is 2.75. The van der Waals surface area contributed by atoms with Crippen LogP contribution in [-0.4, -0.2) is 55.2 Å². The summed E-state index contributed by atoms with van der Waals surface area (Å²) in [7, 11) is 0. The van der Waals surface area contributed by atoms with Crippen molar-refractivity contribution >= 4 is 28.9 Å². The van der Waals surface area contributed by atoms with Gasteiger partial charge in [-0.3, -0.25) is 4.79 Å². The first kappa shape index (κ1) is 18.9. The van der Waals surface area contributed by atoms with E-state index in [-0.39, 0.29) is 5.91 Å². The van der Waals surface area contributed by atoms with Gasteiger partial charge in [-0.1, -0.05) is 11.6 Å². The van der Waals surface area contributed by atoms with Crippen LogP contribution in [-0.2, 0) is 0 Å². The molecule has 0 saturated carbocycles. The van der Waals surface area contributed by atoms with Crippen LogP contribution in [0.25, 0.3) is 0 Å². The summed E-state index contributed by atoms with van der Waals surface area (Å²) >= 11 is 5.91. The number of hydrogen-bond acceptors (Lipinski definition) is 4.